The smallest absolute Gasteiger partial charge is 0.0909 e. The fourth-order valence-corrected chi connectivity index (χ4v) is 2.63. The van der Waals surface area contributed by atoms with Gasteiger partial charge < -0.3 is 15.3 Å². The van der Waals surface area contributed by atoms with E-state index in [1.165, 1.54) is 0 Å². The average molecular weight is 305 g/mol. The highest BCUT2D eigenvalue weighted by atomic mass is 35.5. The zero-order chi connectivity index (χ0) is 15.2. The van der Waals surface area contributed by atoms with Gasteiger partial charge in [0.2, 0.25) is 0 Å². The van der Waals surface area contributed by atoms with Crippen LogP contribution < -0.4 is 10.2 Å². The molecule has 0 aromatic heterocycles. The molecule has 0 saturated carbocycles. The summed E-state index contributed by atoms with van der Waals surface area (Å²) >= 11 is 5.97. The fourth-order valence-electron chi connectivity index (χ4n) is 2.51. The van der Waals surface area contributed by atoms with E-state index in [0.29, 0.717) is 11.6 Å². The summed E-state index contributed by atoms with van der Waals surface area (Å²) in [4.78, 5) is 2.09. The third kappa shape index (κ3) is 3.97. The fraction of sp³-hybridized carbons (Fsp3) is 0.294. The molecule has 112 valence electrons. The molecule has 0 fully saturated rings. The topological polar surface area (TPSA) is 35.5 Å². The summed E-state index contributed by atoms with van der Waals surface area (Å²) in [6, 6.07) is 17.5. The van der Waals surface area contributed by atoms with Crippen molar-refractivity contribution in [2.75, 3.05) is 25.5 Å². The maximum absolute atomic E-state index is 10.5. The number of halogens is 1. The molecule has 0 aliphatic rings. The summed E-state index contributed by atoms with van der Waals surface area (Å²) in [5.41, 5.74) is 2.10. The lowest BCUT2D eigenvalue weighted by atomic mass is 9.99. The summed E-state index contributed by atoms with van der Waals surface area (Å²) in [6.07, 6.45) is -0.526. The van der Waals surface area contributed by atoms with Gasteiger partial charge in [-0.3, -0.25) is 0 Å². The molecule has 0 aliphatic carbocycles. The third-order valence-corrected chi connectivity index (χ3v) is 3.82. The van der Waals surface area contributed by atoms with Crippen LogP contribution in [0.1, 0.15) is 11.6 Å². The SMILES string of the molecule is CNCC(O)C(c1ccc(Cl)cc1)N(C)c1ccccc1. The minimum Gasteiger partial charge on any atom is -0.389 e. The summed E-state index contributed by atoms with van der Waals surface area (Å²) < 4.78 is 0. The molecule has 0 aliphatic heterocycles. The van der Waals surface area contributed by atoms with E-state index in [-0.39, 0.29) is 6.04 Å². The molecule has 2 rings (SSSR count). The Hall–Kier alpha value is -1.55. The van der Waals surface area contributed by atoms with Crippen molar-refractivity contribution >= 4 is 17.3 Å². The van der Waals surface area contributed by atoms with Crippen LogP contribution in [0, 0.1) is 0 Å². The Morgan fingerprint density at radius 2 is 1.71 bits per heavy atom. The van der Waals surface area contributed by atoms with Gasteiger partial charge in [0.15, 0.2) is 0 Å². The molecular weight excluding hydrogens is 284 g/mol. The van der Waals surface area contributed by atoms with Gasteiger partial charge in [-0.1, -0.05) is 41.9 Å². The highest BCUT2D eigenvalue weighted by Crippen LogP contribution is 2.29. The molecule has 0 saturated heterocycles. The second-order valence-electron chi connectivity index (χ2n) is 5.07. The molecule has 2 N–H and O–H groups in total. The van der Waals surface area contributed by atoms with Crippen LogP contribution in [0.25, 0.3) is 0 Å². The summed E-state index contributed by atoms with van der Waals surface area (Å²) in [7, 11) is 3.83. The molecule has 3 nitrogen and oxygen atoms in total. The number of aliphatic hydroxyl groups is 1. The molecule has 4 heteroatoms. The average Bonchev–Trinajstić information content (AvgIpc) is 2.50. The lowest BCUT2D eigenvalue weighted by Crippen LogP contribution is -2.39. The number of hydrogen-bond donors (Lipinski definition) is 2. The monoisotopic (exact) mass is 304 g/mol. The van der Waals surface area contributed by atoms with Crippen LogP contribution in [-0.2, 0) is 0 Å². The molecule has 0 amide bonds. The maximum atomic E-state index is 10.5. The van der Waals surface area contributed by atoms with E-state index < -0.39 is 6.10 Å². The van der Waals surface area contributed by atoms with Crippen molar-refractivity contribution in [2.24, 2.45) is 0 Å². The number of hydrogen-bond acceptors (Lipinski definition) is 3. The van der Waals surface area contributed by atoms with Crippen molar-refractivity contribution in [3.8, 4) is 0 Å². The number of para-hydroxylation sites is 1. The molecule has 2 aromatic rings. The van der Waals surface area contributed by atoms with Gasteiger partial charge in [0, 0.05) is 24.3 Å². The van der Waals surface area contributed by atoms with Crippen LogP contribution in [0.4, 0.5) is 5.69 Å². The first-order valence-corrected chi connectivity index (χ1v) is 7.37. The van der Waals surface area contributed by atoms with Crippen LogP contribution in [0.5, 0.6) is 0 Å². The molecule has 2 aromatic carbocycles. The Morgan fingerprint density at radius 1 is 1.10 bits per heavy atom. The van der Waals surface area contributed by atoms with Crippen molar-refractivity contribution in [2.45, 2.75) is 12.1 Å². The number of aliphatic hydroxyl groups excluding tert-OH is 1. The standard InChI is InChI=1S/C17H21ClN2O/c1-19-12-16(21)17(13-8-10-14(18)11-9-13)20(2)15-6-4-3-5-7-15/h3-11,16-17,19,21H,12H2,1-2H3. The summed E-state index contributed by atoms with van der Waals surface area (Å²) in [5.74, 6) is 0. The minimum absolute atomic E-state index is 0.142. The number of likely N-dealkylation sites (N-methyl/N-ethyl adjacent to an activating group) is 2. The van der Waals surface area contributed by atoms with E-state index in [4.69, 9.17) is 11.6 Å². The van der Waals surface area contributed by atoms with Crippen molar-refractivity contribution in [3.05, 3.63) is 65.2 Å². The van der Waals surface area contributed by atoms with Crippen molar-refractivity contribution in [3.63, 3.8) is 0 Å². The van der Waals surface area contributed by atoms with E-state index in [9.17, 15) is 5.11 Å². The second kappa shape index (κ2) is 7.46. The highest BCUT2D eigenvalue weighted by Gasteiger charge is 2.25. The largest absolute Gasteiger partial charge is 0.389 e. The van der Waals surface area contributed by atoms with Gasteiger partial charge in [0.25, 0.3) is 0 Å². The number of anilines is 1. The maximum Gasteiger partial charge on any atom is 0.0909 e. The van der Waals surface area contributed by atoms with Crippen LogP contribution >= 0.6 is 11.6 Å². The number of benzene rings is 2. The molecule has 21 heavy (non-hydrogen) atoms. The van der Waals surface area contributed by atoms with Gasteiger partial charge >= 0.3 is 0 Å². The predicted octanol–water partition coefficient (Wildman–Crippen LogP) is 3.10. The number of rotatable bonds is 6. The van der Waals surface area contributed by atoms with Gasteiger partial charge in [0.05, 0.1) is 12.1 Å². The third-order valence-electron chi connectivity index (χ3n) is 3.57. The van der Waals surface area contributed by atoms with E-state index in [2.05, 4.69) is 10.2 Å². The first kappa shape index (κ1) is 15.8. The Kier molecular flexibility index (Phi) is 5.62. The first-order valence-electron chi connectivity index (χ1n) is 6.99. The molecule has 2 unspecified atom stereocenters. The minimum atomic E-state index is -0.526. The molecule has 0 bridgehead atoms. The normalized spacial score (nSPS) is 13.7. The predicted molar refractivity (Wildman–Crippen MR) is 89.0 cm³/mol. The number of nitrogens with zero attached hydrogens (tertiary/aromatic N) is 1. The van der Waals surface area contributed by atoms with Crippen molar-refractivity contribution in [1.82, 2.24) is 5.32 Å². The van der Waals surface area contributed by atoms with Crippen molar-refractivity contribution in [1.29, 1.82) is 0 Å². The lowest BCUT2D eigenvalue weighted by molar-refractivity contribution is 0.142. The summed E-state index contributed by atoms with van der Waals surface area (Å²) in [5, 5.41) is 14.3. The van der Waals surface area contributed by atoms with E-state index in [1.807, 2.05) is 68.7 Å². The molecule has 2 atom stereocenters. The van der Waals surface area contributed by atoms with Gasteiger partial charge in [-0.25, -0.2) is 0 Å². The molecule has 0 heterocycles. The van der Waals surface area contributed by atoms with Crippen LogP contribution in [0.3, 0.4) is 0 Å². The van der Waals surface area contributed by atoms with Gasteiger partial charge in [-0.15, -0.1) is 0 Å². The molecule has 0 radical (unpaired) electrons. The Morgan fingerprint density at radius 3 is 2.29 bits per heavy atom. The second-order valence-corrected chi connectivity index (χ2v) is 5.50. The van der Waals surface area contributed by atoms with Gasteiger partial charge in [0.1, 0.15) is 0 Å². The lowest BCUT2D eigenvalue weighted by Gasteiger charge is -2.34. The Bertz CT molecular complexity index is 544. The number of nitrogens with one attached hydrogen (secondary N) is 1. The highest BCUT2D eigenvalue weighted by molar-refractivity contribution is 6.30. The summed E-state index contributed by atoms with van der Waals surface area (Å²) in [6.45, 7) is 0.518. The van der Waals surface area contributed by atoms with Gasteiger partial charge in [-0.05, 0) is 36.9 Å². The zero-order valence-electron chi connectivity index (χ0n) is 12.3. The zero-order valence-corrected chi connectivity index (χ0v) is 13.1. The van der Waals surface area contributed by atoms with E-state index in [1.54, 1.807) is 0 Å². The van der Waals surface area contributed by atoms with E-state index in [0.717, 1.165) is 11.3 Å². The Labute approximate surface area is 131 Å². The molecule has 0 spiro atoms. The van der Waals surface area contributed by atoms with Crippen LogP contribution in [0.15, 0.2) is 54.6 Å². The Balaban J connectivity index is 2.34. The quantitative estimate of drug-likeness (QED) is 0.861. The van der Waals surface area contributed by atoms with Crippen LogP contribution in [0.2, 0.25) is 5.02 Å². The molecular formula is C17H21ClN2O. The van der Waals surface area contributed by atoms with Crippen LogP contribution in [-0.4, -0.2) is 31.9 Å². The van der Waals surface area contributed by atoms with Crippen molar-refractivity contribution < 1.29 is 5.11 Å². The van der Waals surface area contributed by atoms with E-state index >= 15 is 0 Å². The van der Waals surface area contributed by atoms with Gasteiger partial charge in [-0.2, -0.15) is 0 Å². The first-order chi connectivity index (χ1) is 10.1.